The van der Waals surface area contributed by atoms with Gasteiger partial charge in [-0.1, -0.05) is 13.8 Å². The fraction of sp³-hybridized carbons (Fsp3) is 0.357. The van der Waals surface area contributed by atoms with Gasteiger partial charge >= 0.3 is 0 Å². The van der Waals surface area contributed by atoms with Crippen LogP contribution >= 0.6 is 0 Å². The van der Waals surface area contributed by atoms with Gasteiger partial charge in [-0.2, -0.15) is 0 Å². The predicted molar refractivity (Wildman–Crippen MR) is 67.1 cm³/mol. The maximum absolute atomic E-state index is 12.2. The molecule has 0 atom stereocenters. The van der Waals surface area contributed by atoms with Crippen LogP contribution < -0.4 is 0 Å². The molecule has 0 aromatic carbocycles. The lowest BCUT2D eigenvalue weighted by molar-refractivity contribution is 0.0929. The second-order valence-corrected chi connectivity index (χ2v) is 4.82. The minimum atomic E-state index is -0.266. The molecule has 0 saturated carbocycles. The zero-order chi connectivity index (χ0) is 13.6. The van der Waals surface area contributed by atoms with Crippen molar-refractivity contribution in [2.24, 2.45) is 13.0 Å². The highest BCUT2D eigenvalue weighted by atomic mass is 16.1. The third-order valence-corrected chi connectivity index (χ3v) is 3.32. The van der Waals surface area contributed by atoms with Crippen LogP contribution in [0.3, 0.4) is 0 Å². The van der Waals surface area contributed by atoms with E-state index in [0.717, 1.165) is 0 Å². The van der Waals surface area contributed by atoms with Gasteiger partial charge in [0, 0.05) is 18.7 Å². The molecule has 1 aromatic heterocycles. The SMILES string of the molecule is Cc1c(C(=O)C(C)C)c2c(n1C)C(=O)C=CC2=O. The number of aromatic nitrogens is 1. The number of fused-ring (bicyclic) bond motifs is 1. The summed E-state index contributed by atoms with van der Waals surface area (Å²) in [6.07, 6.45) is 2.49. The Kier molecular flexibility index (Phi) is 2.81. The molecule has 0 fully saturated rings. The zero-order valence-corrected chi connectivity index (χ0v) is 10.9. The van der Waals surface area contributed by atoms with Crippen molar-refractivity contribution in [3.8, 4) is 0 Å². The van der Waals surface area contributed by atoms with Gasteiger partial charge in [0.2, 0.25) is 5.78 Å². The lowest BCUT2D eigenvalue weighted by atomic mass is 9.92. The summed E-state index contributed by atoms with van der Waals surface area (Å²) in [7, 11) is 1.70. The second-order valence-electron chi connectivity index (χ2n) is 4.82. The summed E-state index contributed by atoms with van der Waals surface area (Å²) in [5, 5.41) is 0. The third-order valence-electron chi connectivity index (χ3n) is 3.32. The number of hydrogen-bond donors (Lipinski definition) is 0. The van der Waals surface area contributed by atoms with Crippen LogP contribution in [0.15, 0.2) is 12.2 Å². The zero-order valence-electron chi connectivity index (χ0n) is 10.9. The van der Waals surface area contributed by atoms with Gasteiger partial charge in [0.05, 0.1) is 11.1 Å². The number of allylic oxidation sites excluding steroid dienone is 2. The Labute approximate surface area is 105 Å². The van der Waals surface area contributed by atoms with E-state index in [1.54, 1.807) is 32.4 Å². The van der Waals surface area contributed by atoms with Crippen molar-refractivity contribution in [2.75, 3.05) is 0 Å². The van der Waals surface area contributed by atoms with Gasteiger partial charge in [0.1, 0.15) is 5.69 Å². The first-order valence-electron chi connectivity index (χ1n) is 5.86. The fourth-order valence-electron chi connectivity index (χ4n) is 2.23. The maximum atomic E-state index is 12.2. The van der Waals surface area contributed by atoms with Crippen LogP contribution in [0.25, 0.3) is 0 Å². The molecule has 1 aliphatic carbocycles. The van der Waals surface area contributed by atoms with E-state index in [1.807, 2.05) is 0 Å². The molecular weight excluding hydrogens is 230 g/mol. The molecule has 0 aliphatic heterocycles. The van der Waals surface area contributed by atoms with E-state index < -0.39 is 0 Å². The molecule has 94 valence electrons. The number of Topliss-reactive ketones (excluding diaryl/α,β-unsaturated/α-hetero) is 1. The van der Waals surface area contributed by atoms with E-state index in [-0.39, 0.29) is 28.8 Å². The Morgan fingerprint density at radius 2 is 1.72 bits per heavy atom. The number of carbonyl (C=O) groups excluding carboxylic acids is 3. The van der Waals surface area contributed by atoms with Gasteiger partial charge in [-0.3, -0.25) is 14.4 Å². The molecule has 0 saturated heterocycles. The lowest BCUT2D eigenvalue weighted by Crippen LogP contribution is -2.17. The molecule has 0 N–H and O–H groups in total. The van der Waals surface area contributed by atoms with E-state index >= 15 is 0 Å². The summed E-state index contributed by atoms with van der Waals surface area (Å²) in [5.74, 6) is -0.792. The Morgan fingerprint density at radius 1 is 1.17 bits per heavy atom. The van der Waals surface area contributed by atoms with E-state index in [0.29, 0.717) is 17.0 Å². The van der Waals surface area contributed by atoms with Crippen molar-refractivity contribution in [3.63, 3.8) is 0 Å². The van der Waals surface area contributed by atoms with Gasteiger partial charge in [-0.15, -0.1) is 0 Å². The first-order valence-corrected chi connectivity index (χ1v) is 5.86. The highest BCUT2D eigenvalue weighted by molar-refractivity contribution is 6.25. The summed E-state index contributed by atoms with van der Waals surface area (Å²) in [6, 6.07) is 0. The predicted octanol–water partition coefficient (Wildman–Crippen LogP) is 2.11. The Balaban J connectivity index is 2.79. The van der Waals surface area contributed by atoms with Gasteiger partial charge in [0.15, 0.2) is 11.6 Å². The lowest BCUT2D eigenvalue weighted by Gasteiger charge is -2.08. The Bertz CT molecular complexity index is 603. The van der Waals surface area contributed by atoms with Crippen LogP contribution in [0, 0.1) is 12.8 Å². The molecule has 4 heteroatoms. The Hall–Kier alpha value is -1.97. The normalized spacial score (nSPS) is 14.3. The van der Waals surface area contributed by atoms with Crippen molar-refractivity contribution in [3.05, 3.63) is 34.7 Å². The number of carbonyl (C=O) groups is 3. The maximum Gasteiger partial charge on any atom is 0.203 e. The summed E-state index contributed by atoms with van der Waals surface area (Å²) < 4.78 is 1.63. The van der Waals surface area contributed by atoms with Crippen molar-refractivity contribution < 1.29 is 14.4 Å². The quantitative estimate of drug-likeness (QED) is 0.750. The molecule has 0 amide bonds. The number of nitrogens with zero attached hydrogens (tertiary/aromatic N) is 1. The summed E-state index contributed by atoms with van der Waals surface area (Å²) in [4.78, 5) is 36.0. The molecule has 4 nitrogen and oxygen atoms in total. The van der Waals surface area contributed by atoms with Crippen LogP contribution in [0.4, 0.5) is 0 Å². The van der Waals surface area contributed by atoms with Crippen LogP contribution in [0.2, 0.25) is 0 Å². The highest BCUT2D eigenvalue weighted by Gasteiger charge is 2.32. The van der Waals surface area contributed by atoms with E-state index in [4.69, 9.17) is 0 Å². The average Bonchev–Trinajstić information content (AvgIpc) is 2.58. The van der Waals surface area contributed by atoms with Crippen molar-refractivity contribution >= 4 is 17.3 Å². The standard InChI is InChI=1S/C14H15NO3/c1-7(2)14(18)11-8(3)15(4)13-10(17)6-5-9(16)12(11)13/h5-7H,1-4H3. The van der Waals surface area contributed by atoms with Gasteiger partial charge in [-0.25, -0.2) is 0 Å². The smallest absolute Gasteiger partial charge is 0.203 e. The van der Waals surface area contributed by atoms with Gasteiger partial charge in [-0.05, 0) is 19.1 Å². The van der Waals surface area contributed by atoms with Gasteiger partial charge < -0.3 is 4.57 Å². The minimum Gasteiger partial charge on any atom is -0.344 e. The van der Waals surface area contributed by atoms with Gasteiger partial charge in [0.25, 0.3) is 0 Å². The van der Waals surface area contributed by atoms with Crippen LogP contribution in [0.5, 0.6) is 0 Å². The molecule has 0 unspecified atom stereocenters. The number of rotatable bonds is 2. The molecular formula is C14H15NO3. The average molecular weight is 245 g/mol. The minimum absolute atomic E-state index is 0.0965. The molecule has 0 spiro atoms. The molecule has 1 heterocycles. The monoisotopic (exact) mass is 245 g/mol. The molecule has 0 bridgehead atoms. The highest BCUT2D eigenvalue weighted by Crippen LogP contribution is 2.28. The molecule has 0 radical (unpaired) electrons. The van der Waals surface area contributed by atoms with Crippen LogP contribution in [-0.4, -0.2) is 21.9 Å². The summed E-state index contributed by atoms with van der Waals surface area (Å²) in [6.45, 7) is 5.33. The molecule has 18 heavy (non-hydrogen) atoms. The molecule has 2 rings (SSSR count). The first-order chi connectivity index (χ1) is 8.36. The van der Waals surface area contributed by atoms with Crippen molar-refractivity contribution in [1.82, 2.24) is 4.57 Å². The third kappa shape index (κ3) is 1.56. The van der Waals surface area contributed by atoms with E-state index in [9.17, 15) is 14.4 Å². The topological polar surface area (TPSA) is 56.1 Å². The van der Waals surface area contributed by atoms with E-state index in [2.05, 4.69) is 0 Å². The largest absolute Gasteiger partial charge is 0.344 e. The van der Waals surface area contributed by atoms with Crippen molar-refractivity contribution in [1.29, 1.82) is 0 Å². The second kappa shape index (κ2) is 4.05. The van der Waals surface area contributed by atoms with E-state index in [1.165, 1.54) is 12.2 Å². The number of ketones is 3. The Morgan fingerprint density at radius 3 is 2.28 bits per heavy atom. The molecule has 1 aliphatic rings. The van der Waals surface area contributed by atoms with Crippen LogP contribution in [-0.2, 0) is 7.05 Å². The summed E-state index contributed by atoms with van der Waals surface area (Å²) in [5.41, 5.74) is 1.65. The van der Waals surface area contributed by atoms with Crippen LogP contribution in [0.1, 0.15) is 50.7 Å². The summed E-state index contributed by atoms with van der Waals surface area (Å²) >= 11 is 0. The fourth-order valence-corrected chi connectivity index (χ4v) is 2.23. The molecule has 1 aromatic rings. The van der Waals surface area contributed by atoms with Crippen molar-refractivity contribution in [2.45, 2.75) is 20.8 Å². The number of hydrogen-bond acceptors (Lipinski definition) is 3. The first kappa shape index (κ1) is 12.5.